The Labute approximate surface area is 197 Å². The molecule has 0 amide bonds. The smallest absolute Gasteiger partial charge is 0.251 e. The van der Waals surface area contributed by atoms with Crippen molar-refractivity contribution < 1.29 is 9.47 Å². The fourth-order valence-electron chi connectivity index (χ4n) is 3.80. The number of rotatable bonds is 6. The maximum atomic E-state index is 5.54. The second kappa shape index (κ2) is 8.82. The first kappa shape index (κ1) is 21.4. The summed E-state index contributed by atoms with van der Waals surface area (Å²) in [7, 11) is 7.26. The third kappa shape index (κ3) is 3.90. The summed E-state index contributed by atoms with van der Waals surface area (Å²) in [6.07, 6.45) is 7.23. The molecule has 0 saturated heterocycles. The van der Waals surface area contributed by atoms with Crippen molar-refractivity contribution in [1.82, 2.24) is 24.7 Å². The molecule has 0 N–H and O–H groups in total. The summed E-state index contributed by atoms with van der Waals surface area (Å²) in [5.41, 5.74) is 5.49. The van der Waals surface area contributed by atoms with Gasteiger partial charge in [0.15, 0.2) is 11.5 Å². The topological polar surface area (TPSA) is 78.2 Å². The lowest BCUT2D eigenvalue weighted by atomic mass is 10.1. The van der Waals surface area contributed by atoms with Gasteiger partial charge in [-0.2, -0.15) is 5.10 Å². The maximum Gasteiger partial charge on any atom is 0.251 e. The molecule has 8 heteroatoms. The van der Waals surface area contributed by atoms with Crippen LogP contribution in [0.1, 0.15) is 0 Å². The molecule has 0 bridgehead atoms. The number of hydrogen-bond acceptors (Lipinski definition) is 7. The molecule has 8 nitrogen and oxygen atoms in total. The number of benzene rings is 2. The van der Waals surface area contributed by atoms with Gasteiger partial charge in [-0.1, -0.05) is 18.2 Å². The van der Waals surface area contributed by atoms with Crippen LogP contribution in [0.4, 0.5) is 5.69 Å². The summed E-state index contributed by atoms with van der Waals surface area (Å²) in [4.78, 5) is 16.0. The number of methoxy groups -OCH3 is 2. The minimum atomic E-state index is 0.460. The summed E-state index contributed by atoms with van der Waals surface area (Å²) in [5, 5.41) is 5.38. The maximum absolute atomic E-state index is 5.54. The minimum absolute atomic E-state index is 0.460. The fourth-order valence-corrected chi connectivity index (χ4v) is 3.80. The van der Waals surface area contributed by atoms with Gasteiger partial charge in [0.2, 0.25) is 0 Å². The Morgan fingerprint density at radius 3 is 2.26 bits per heavy atom. The van der Waals surface area contributed by atoms with Crippen LogP contribution in [0, 0.1) is 0 Å². The normalized spacial score (nSPS) is 10.9. The van der Waals surface area contributed by atoms with E-state index in [9.17, 15) is 0 Å². The standard InChI is InChI=1S/C26H24N6O2/c1-31(2)20-9-7-17(8-10-20)25-21-12-23(33-3)24(34-4)13-22(21)29-26(30-25)32-16-19(15-28-32)18-6-5-11-27-14-18/h5-16H,1-4H3. The number of anilines is 1. The highest BCUT2D eigenvalue weighted by molar-refractivity contribution is 5.95. The monoisotopic (exact) mass is 452 g/mol. The molecular formula is C26H24N6O2. The molecule has 0 aliphatic heterocycles. The van der Waals surface area contributed by atoms with Crippen molar-refractivity contribution in [3.05, 3.63) is 73.3 Å². The van der Waals surface area contributed by atoms with Crippen LogP contribution in [-0.2, 0) is 0 Å². The van der Waals surface area contributed by atoms with Crippen LogP contribution in [0.25, 0.3) is 39.2 Å². The number of hydrogen-bond donors (Lipinski definition) is 0. The minimum Gasteiger partial charge on any atom is -0.493 e. The molecule has 0 aliphatic carbocycles. The molecule has 0 saturated carbocycles. The summed E-state index contributed by atoms with van der Waals surface area (Å²) in [6.45, 7) is 0. The van der Waals surface area contributed by atoms with Crippen LogP contribution in [0.3, 0.4) is 0 Å². The van der Waals surface area contributed by atoms with E-state index in [0.717, 1.165) is 39.0 Å². The highest BCUT2D eigenvalue weighted by Crippen LogP contribution is 2.36. The van der Waals surface area contributed by atoms with Gasteiger partial charge in [0.1, 0.15) is 0 Å². The third-order valence-corrected chi connectivity index (χ3v) is 5.63. The highest BCUT2D eigenvalue weighted by atomic mass is 16.5. The molecule has 0 atom stereocenters. The van der Waals surface area contributed by atoms with E-state index in [0.29, 0.717) is 17.4 Å². The van der Waals surface area contributed by atoms with Crippen LogP contribution >= 0.6 is 0 Å². The van der Waals surface area contributed by atoms with Crippen molar-refractivity contribution in [2.75, 3.05) is 33.2 Å². The van der Waals surface area contributed by atoms with Crippen LogP contribution in [0.15, 0.2) is 73.3 Å². The van der Waals surface area contributed by atoms with E-state index in [1.54, 1.807) is 37.5 Å². The summed E-state index contributed by atoms with van der Waals surface area (Å²) >= 11 is 0. The second-order valence-corrected chi connectivity index (χ2v) is 7.95. The zero-order valence-corrected chi connectivity index (χ0v) is 19.4. The van der Waals surface area contributed by atoms with Gasteiger partial charge in [0, 0.05) is 66.5 Å². The molecule has 3 heterocycles. The molecule has 5 aromatic rings. The van der Waals surface area contributed by atoms with Crippen molar-refractivity contribution in [3.63, 3.8) is 0 Å². The SMILES string of the molecule is COc1cc2nc(-n3cc(-c4cccnc4)cn3)nc(-c3ccc(N(C)C)cc3)c2cc1OC. The molecule has 5 rings (SSSR count). The van der Waals surface area contributed by atoms with Crippen molar-refractivity contribution >= 4 is 16.6 Å². The van der Waals surface area contributed by atoms with Crippen molar-refractivity contribution in [2.24, 2.45) is 0 Å². The molecule has 0 aliphatic rings. The average molecular weight is 453 g/mol. The zero-order valence-electron chi connectivity index (χ0n) is 19.4. The zero-order chi connectivity index (χ0) is 23.7. The number of aromatic nitrogens is 5. The molecule has 34 heavy (non-hydrogen) atoms. The number of fused-ring (bicyclic) bond motifs is 1. The number of nitrogens with zero attached hydrogens (tertiary/aromatic N) is 6. The Bertz CT molecular complexity index is 1450. The quantitative estimate of drug-likeness (QED) is 0.372. The first-order valence-electron chi connectivity index (χ1n) is 10.7. The lowest BCUT2D eigenvalue weighted by molar-refractivity contribution is 0.356. The summed E-state index contributed by atoms with van der Waals surface area (Å²) in [5.74, 6) is 1.68. The van der Waals surface area contributed by atoms with E-state index >= 15 is 0 Å². The van der Waals surface area contributed by atoms with Crippen LogP contribution in [-0.4, -0.2) is 53.0 Å². The van der Waals surface area contributed by atoms with Gasteiger partial charge in [0.25, 0.3) is 5.95 Å². The Morgan fingerprint density at radius 2 is 1.59 bits per heavy atom. The molecule has 0 spiro atoms. The van der Waals surface area contributed by atoms with E-state index in [1.165, 1.54) is 0 Å². The summed E-state index contributed by atoms with van der Waals surface area (Å²) in [6, 6.07) is 15.9. The lowest BCUT2D eigenvalue weighted by Gasteiger charge is -2.15. The van der Waals surface area contributed by atoms with Gasteiger partial charge in [-0.25, -0.2) is 14.6 Å². The Hall–Kier alpha value is -4.46. The lowest BCUT2D eigenvalue weighted by Crippen LogP contribution is -2.08. The van der Waals surface area contributed by atoms with E-state index in [-0.39, 0.29) is 0 Å². The third-order valence-electron chi connectivity index (χ3n) is 5.63. The molecule has 0 unspecified atom stereocenters. The van der Waals surface area contributed by atoms with E-state index < -0.39 is 0 Å². The summed E-state index contributed by atoms with van der Waals surface area (Å²) < 4.78 is 12.7. The highest BCUT2D eigenvalue weighted by Gasteiger charge is 2.16. The van der Waals surface area contributed by atoms with Gasteiger partial charge >= 0.3 is 0 Å². The van der Waals surface area contributed by atoms with E-state index in [2.05, 4.69) is 39.2 Å². The predicted octanol–water partition coefficient (Wildman–Crippen LogP) is 4.63. The van der Waals surface area contributed by atoms with Gasteiger partial charge in [-0.3, -0.25) is 4.98 Å². The Balaban J connectivity index is 1.70. The van der Waals surface area contributed by atoms with Crippen LogP contribution in [0.2, 0.25) is 0 Å². The molecule has 2 aromatic carbocycles. The van der Waals surface area contributed by atoms with Gasteiger partial charge in [0.05, 0.1) is 31.6 Å². The average Bonchev–Trinajstić information content (AvgIpc) is 3.38. The van der Waals surface area contributed by atoms with Crippen molar-refractivity contribution in [2.45, 2.75) is 0 Å². The Morgan fingerprint density at radius 1 is 0.824 bits per heavy atom. The molecular weight excluding hydrogens is 428 g/mol. The van der Waals surface area contributed by atoms with Crippen LogP contribution in [0.5, 0.6) is 11.5 Å². The van der Waals surface area contributed by atoms with Crippen LogP contribution < -0.4 is 14.4 Å². The molecule has 0 fully saturated rings. The fraction of sp³-hybridized carbons (Fsp3) is 0.154. The first-order chi connectivity index (χ1) is 16.6. The number of ether oxygens (including phenoxy) is 2. The predicted molar refractivity (Wildman–Crippen MR) is 133 cm³/mol. The molecule has 170 valence electrons. The molecule has 0 radical (unpaired) electrons. The van der Waals surface area contributed by atoms with E-state index in [4.69, 9.17) is 19.4 Å². The van der Waals surface area contributed by atoms with Crippen molar-refractivity contribution in [1.29, 1.82) is 0 Å². The van der Waals surface area contributed by atoms with E-state index in [1.807, 2.05) is 44.6 Å². The van der Waals surface area contributed by atoms with Crippen molar-refractivity contribution in [3.8, 4) is 39.8 Å². The second-order valence-electron chi connectivity index (χ2n) is 7.95. The number of pyridine rings is 1. The van der Waals surface area contributed by atoms with Gasteiger partial charge in [-0.05, 0) is 24.3 Å². The van der Waals surface area contributed by atoms with Gasteiger partial charge in [-0.15, -0.1) is 0 Å². The first-order valence-corrected chi connectivity index (χ1v) is 10.7. The van der Waals surface area contributed by atoms with Gasteiger partial charge < -0.3 is 14.4 Å². The Kier molecular flexibility index (Phi) is 5.55. The largest absolute Gasteiger partial charge is 0.493 e. The molecule has 3 aromatic heterocycles.